The Balaban J connectivity index is 1.34. The summed E-state index contributed by atoms with van der Waals surface area (Å²) < 4.78 is 32.0. The van der Waals surface area contributed by atoms with Crippen molar-refractivity contribution in [2.75, 3.05) is 25.1 Å². The van der Waals surface area contributed by atoms with Gasteiger partial charge in [0.25, 0.3) is 5.91 Å². The van der Waals surface area contributed by atoms with Gasteiger partial charge in [-0.25, -0.2) is 8.78 Å². The van der Waals surface area contributed by atoms with Crippen LogP contribution in [0.15, 0.2) is 48.5 Å². The zero-order valence-corrected chi connectivity index (χ0v) is 16.5. The molecular formula is C22H22F2N4O2. The van der Waals surface area contributed by atoms with Gasteiger partial charge in [-0.15, -0.1) is 0 Å². The lowest BCUT2D eigenvalue weighted by molar-refractivity contribution is 0.0927. The van der Waals surface area contributed by atoms with Crippen LogP contribution in [-0.2, 0) is 0 Å². The van der Waals surface area contributed by atoms with Crippen molar-refractivity contribution in [3.63, 3.8) is 0 Å². The van der Waals surface area contributed by atoms with Crippen molar-refractivity contribution in [2.24, 2.45) is 0 Å². The molecule has 0 spiro atoms. The lowest BCUT2D eigenvalue weighted by Gasteiger charge is -2.32. The Hall–Kier alpha value is -3.42. The number of aromatic amines is 1. The van der Waals surface area contributed by atoms with Crippen molar-refractivity contribution in [3.05, 3.63) is 65.7 Å². The highest BCUT2D eigenvalue weighted by Crippen LogP contribution is 2.26. The molecule has 3 aromatic rings. The molecule has 1 saturated heterocycles. The third-order valence-corrected chi connectivity index (χ3v) is 5.30. The number of nitrogens with zero attached hydrogens (tertiary/aromatic N) is 2. The molecule has 0 bridgehead atoms. The molecule has 0 atom stereocenters. The topological polar surface area (TPSA) is 70.2 Å². The fourth-order valence-corrected chi connectivity index (χ4v) is 3.58. The van der Waals surface area contributed by atoms with E-state index in [-0.39, 0.29) is 11.6 Å². The van der Waals surface area contributed by atoms with Gasteiger partial charge in [0.1, 0.15) is 17.4 Å². The first-order chi connectivity index (χ1) is 14.5. The molecule has 1 amide bonds. The summed E-state index contributed by atoms with van der Waals surface area (Å²) in [5.74, 6) is -0.441. The van der Waals surface area contributed by atoms with Crippen LogP contribution in [0.1, 0.15) is 23.2 Å². The maximum absolute atomic E-state index is 13.8. The van der Waals surface area contributed by atoms with Crippen LogP contribution in [0.3, 0.4) is 0 Å². The van der Waals surface area contributed by atoms with Crippen molar-refractivity contribution >= 4 is 11.7 Å². The van der Waals surface area contributed by atoms with Gasteiger partial charge in [-0.2, -0.15) is 5.10 Å². The molecule has 2 heterocycles. The first-order valence-corrected chi connectivity index (χ1v) is 9.74. The lowest BCUT2D eigenvalue weighted by atomic mass is 10.0. The highest BCUT2D eigenvalue weighted by molar-refractivity contribution is 5.94. The number of nitrogens with one attached hydrogen (secondary N) is 2. The van der Waals surface area contributed by atoms with Gasteiger partial charge in [0, 0.05) is 31.3 Å². The fraction of sp³-hybridized carbons (Fsp3) is 0.273. The Morgan fingerprint density at radius 3 is 2.53 bits per heavy atom. The number of hydrogen-bond acceptors (Lipinski definition) is 4. The number of carbonyl (C=O) groups is 1. The molecule has 1 aliphatic heterocycles. The second-order valence-corrected chi connectivity index (χ2v) is 7.23. The van der Waals surface area contributed by atoms with E-state index in [1.54, 1.807) is 7.11 Å². The van der Waals surface area contributed by atoms with Crippen LogP contribution in [-0.4, -0.2) is 42.3 Å². The van der Waals surface area contributed by atoms with Gasteiger partial charge in [-0.05, 0) is 54.8 Å². The van der Waals surface area contributed by atoms with Crippen LogP contribution < -0.4 is 15.0 Å². The molecule has 0 unspecified atom stereocenters. The van der Waals surface area contributed by atoms with Crippen molar-refractivity contribution < 1.29 is 18.3 Å². The molecular weight excluding hydrogens is 390 g/mol. The second-order valence-electron chi connectivity index (χ2n) is 7.23. The second kappa shape index (κ2) is 8.52. The number of rotatable bonds is 5. The average Bonchev–Trinajstić information content (AvgIpc) is 3.24. The van der Waals surface area contributed by atoms with Crippen molar-refractivity contribution in [3.8, 4) is 17.0 Å². The summed E-state index contributed by atoms with van der Waals surface area (Å²) in [6.45, 7) is 1.42. The Bertz CT molecular complexity index is 1030. The van der Waals surface area contributed by atoms with Crippen molar-refractivity contribution in [1.82, 2.24) is 15.5 Å². The normalized spacial score (nSPS) is 14.6. The number of benzene rings is 2. The Kier molecular flexibility index (Phi) is 5.65. The summed E-state index contributed by atoms with van der Waals surface area (Å²) in [6, 6.07) is 12.6. The summed E-state index contributed by atoms with van der Waals surface area (Å²) in [5.41, 5.74) is 1.78. The van der Waals surface area contributed by atoms with E-state index in [0.29, 0.717) is 25.9 Å². The number of ether oxygens (including phenoxy) is 1. The first-order valence-electron chi connectivity index (χ1n) is 9.74. The molecule has 4 rings (SSSR count). The summed E-state index contributed by atoms with van der Waals surface area (Å²) in [5, 5.41) is 10.3. The molecule has 30 heavy (non-hydrogen) atoms. The van der Waals surface area contributed by atoms with Crippen LogP contribution in [0.4, 0.5) is 14.6 Å². The highest BCUT2D eigenvalue weighted by atomic mass is 19.1. The van der Waals surface area contributed by atoms with Crippen LogP contribution in [0.5, 0.6) is 5.75 Å². The molecule has 8 heteroatoms. The number of halogens is 2. The molecule has 156 valence electrons. The Morgan fingerprint density at radius 1 is 1.13 bits per heavy atom. The molecule has 0 saturated carbocycles. The van der Waals surface area contributed by atoms with Crippen molar-refractivity contribution in [1.29, 1.82) is 0 Å². The van der Waals surface area contributed by atoms with Gasteiger partial charge in [-0.1, -0.05) is 0 Å². The van der Waals surface area contributed by atoms with Gasteiger partial charge < -0.3 is 15.0 Å². The minimum Gasteiger partial charge on any atom is -0.497 e. The minimum atomic E-state index is -0.854. The maximum Gasteiger partial charge on any atom is 0.254 e. The molecule has 6 nitrogen and oxygen atoms in total. The van der Waals surface area contributed by atoms with E-state index in [2.05, 4.69) is 20.4 Å². The smallest absolute Gasteiger partial charge is 0.254 e. The Morgan fingerprint density at radius 2 is 1.87 bits per heavy atom. The minimum absolute atomic E-state index is 0.0711. The number of carbonyl (C=O) groups excluding carboxylic acids is 1. The molecule has 0 aliphatic carbocycles. The molecule has 1 aromatic heterocycles. The number of H-pyrrole nitrogens is 1. The standard InChI is InChI=1S/C22H22F2N4O2/c1-30-17-5-2-14(3-6-17)20-13-21(27-26-20)28-10-8-16(9-11-28)25-22(29)18-7-4-15(23)12-19(18)24/h2-7,12-13,16H,8-11H2,1H3,(H,25,29)(H,26,27). The largest absolute Gasteiger partial charge is 0.497 e. The van der Waals surface area contributed by atoms with Gasteiger partial charge in [0.2, 0.25) is 0 Å². The predicted molar refractivity (Wildman–Crippen MR) is 110 cm³/mol. The van der Waals surface area contributed by atoms with Crippen LogP contribution >= 0.6 is 0 Å². The number of methoxy groups -OCH3 is 1. The number of piperidine rings is 1. The fourth-order valence-electron chi connectivity index (χ4n) is 3.58. The summed E-state index contributed by atoms with van der Waals surface area (Å²) in [4.78, 5) is 14.4. The Labute approximate surface area is 172 Å². The van der Waals surface area contributed by atoms with E-state index in [0.717, 1.165) is 35.0 Å². The zero-order valence-electron chi connectivity index (χ0n) is 16.5. The van der Waals surface area contributed by atoms with E-state index >= 15 is 0 Å². The van der Waals surface area contributed by atoms with Crippen molar-refractivity contribution in [2.45, 2.75) is 18.9 Å². The zero-order chi connectivity index (χ0) is 21.1. The predicted octanol–water partition coefficient (Wildman–Crippen LogP) is 3.76. The van der Waals surface area contributed by atoms with Crippen LogP contribution in [0.2, 0.25) is 0 Å². The monoisotopic (exact) mass is 412 g/mol. The number of aromatic nitrogens is 2. The summed E-state index contributed by atoms with van der Waals surface area (Å²) in [6.07, 6.45) is 1.42. The molecule has 1 aliphatic rings. The first kappa shape index (κ1) is 19.9. The van der Waals surface area contributed by atoms with E-state index < -0.39 is 17.5 Å². The number of amides is 1. The van der Waals surface area contributed by atoms with Gasteiger partial charge in [0.15, 0.2) is 5.82 Å². The summed E-state index contributed by atoms with van der Waals surface area (Å²) in [7, 11) is 1.63. The van der Waals surface area contributed by atoms with E-state index in [1.165, 1.54) is 6.07 Å². The van der Waals surface area contributed by atoms with E-state index in [1.807, 2.05) is 30.3 Å². The van der Waals surface area contributed by atoms with E-state index in [9.17, 15) is 13.6 Å². The average molecular weight is 412 g/mol. The number of anilines is 1. The van der Waals surface area contributed by atoms with Gasteiger partial charge in [-0.3, -0.25) is 9.89 Å². The highest BCUT2D eigenvalue weighted by Gasteiger charge is 2.24. The van der Waals surface area contributed by atoms with Crippen LogP contribution in [0, 0.1) is 11.6 Å². The quantitative estimate of drug-likeness (QED) is 0.670. The molecule has 1 fully saturated rings. The number of hydrogen-bond donors (Lipinski definition) is 2. The van der Waals surface area contributed by atoms with Gasteiger partial charge >= 0.3 is 0 Å². The molecule has 0 radical (unpaired) electrons. The molecule has 2 N–H and O–H groups in total. The third-order valence-electron chi connectivity index (χ3n) is 5.30. The van der Waals surface area contributed by atoms with Crippen LogP contribution in [0.25, 0.3) is 11.3 Å². The third kappa shape index (κ3) is 4.27. The maximum atomic E-state index is 13.8. The molecule has 2 aromatic carbocycles. The van der Waals surface area contributed by atoms with Gasteiger partial charge in [0.05, 0.1) is 18.4 Å². The summed E-state index contributed by atoms with van der Waals surface area (Å²) >= 11 is 0. The SMILES string of the molecule is COc1ccc(-c2cc(N3CCC(NC(=O)c4ccc(F)cc4F)CC3)n[nH]2)cc1. The van der Waals surface area contributed by atoms with E-state index in [4.69, 9.17) is 4.74 Å². The lowest BCUT2D eigenvalue weighted by Crippen LogP contribution is -2.45.